The summed E-state index contributed by atoms with van der Waals surface area (Å²) >= 11 is 0. The number of esters is 1. The van der Waals surface area contributed by atoms with Gasteiger partial charge in [-0.05, 0) is 78.4 Å². The first-order valence-electron chi connectivity index (χ1n) is 9.72. The lowest BCUT2D eigenvalue weighted by Crippen LogP contribution is -2.17. The Balaban J connectivity index is 1.51. The van der Waals surface area contributed by atoms with Gasteiger partial charge < -0.3 is 14.2 Å². The summed E-state index contributed by atoms with van der Waals surface area (Å²) in [6.45, 7) is 3.98. The van der Waals surface area contributed by atoms with Crippen LogP contribution in [-0.2, 0) is 0 Å². The molecule has 32 heavy (non-hydrogen) atoms. The summed E-state index contributed by atoms with van der Waals surface area (Å²) in [6, 6.07) is 20.1. The zero-order valence-electron chi connectivity index (χ0n) is 17.5. The second-order valence-electron chi connectivity index (χ2n) is 6.51. The topological polar surface area (TPSA) is 86.2 Å². The van der Waals surface area contributed by atoms with Gasteiger partial charge in [0.25, 0.3) is 5.91 Å². The number of hydrazone groups is 1. The van der Waals surface area contributed by atoms with E-state index in [4.69, 9.17) is 14.2 Å². The molecule has 0 aliphatic heterocycles. The van der Waals surface area contributed by atoms with Gasteiger partial charge in [-0.3, -0.25) is 4.79 Å². The van der Waals surface area contributed by atoms with Gasteiger partial charge in [-0.25, -0.2) is 10.2 Å². The number of carbonyl (C=O) groups is 2. The van der Waals surface area contributed by atoms with E-state index in [1.807, 2.05) is 0 Å². The molecule has 0 heterocycles. The van der Waals surface area contributed by atoms with Crippen LogP contribution in [0.5, 0.6) is 17.2 Å². The molecule has 0 spiro atoms. The van der Waals surface area contributed by atoms with E-state index >= 15 is 0 Å². The summed E-state index contributed by atoms with van der Waals surface area (Å²) in [7, 11) is 1.56. The molecule has 0 aromatic heterocycles. The predicted molar refractivity (Wildman–Crippen MR) is 122 cm³/mol. The molecular weight excluding hydrogens is 408 g/mol. The number of nitrogens with one attached hydrogen (secondary N) is 1. The van der Waals surface area contributed by atoms with Crippen LogP contribution in [0.3, 0.4) is 0 Å². The Hall–Kier alpha value is -4.39. The van der Waals surface area contributed by atoms with Crippen LogP contribution in [-0.4, -0.2) is 31.8 Å². The minimum atomic E-state index is -0.470. The third-order valence-corrected chi connectivity index (χ3v) is 4.28. The molecule has 3 aromatic rings. The smallest absolute Gasteiger partial charge is 0.343 e. The van der Waals surface area contributed by atoms with Crippen LogP contribution in [0.15, 0.2) is 90.6 Å². The molecule has 7 heteroatoms. The highest BCUT2D eigenvalue weighted by atomic mass is 16.5. The van der Waals surface area contributed by atoms with Gasteiger partial charge in [0.1, 0.15) is 23.9 Å². The lowest BCUT2D eigenvalue weighted by molar-refractivity contribution is 0.0734. The fourth-order valence-corrected chi connectivity index (χ4v) is 2.60. The molecule has 0 fully saturated rings. The molecule has 0 saturated heterocycles. The predicted octanol–water partition coefficient (Wildman–Crippen LogP) is 4.24. The zero-order valence-corrected chi connectivity index (χ0v) is 17.5. The molecule has 3 rings (SSSR count). The maximum atomic E-state index is 12.2. The lowest BCUT2D eigenvalue weighted by Gasteiger charge is -2.06. The third-order valence-electron chi connectivity index (χ3n) is 4.28. The molecule has 1 amide bonds. The first-order chi connectivity index (χ1) is 15.6. The summed E-state index contributed by atoms with van der Waals surface area (Å²) < 4.78 is 15.8. The van der Waals surface area contributed by atoms with Crippen molar-refractivity contribution in [2.24, 2.45) is 5.10 Å². The second-order valence-corrected chi connectivity index (χ2v) is 6.51. The number of ether oxygens (including phenoxy) is 3. The normalized spacial score (nSPS) is 10.4. The summed E-state index contributed by atoms with van der Waals surface area (Å²) in [5.74, 6) is 0.888. The van der Waals surface area contributed by atoms with Crippen molar-refractivity contribution in [2.75, 3.05) is 13.7 Å². The van der Waals surface area contributed by atoms with Crippen molar-refractivity contribution >= 4 is 18.1 Å². The number of rotatable bonds is 9. The highest BCUT2D eigenvalue weighted by Crippen LogP contribution is 2.16. The first-order valence-corrected chi connectivity index (χ1v) is 9.72. The molecule has 0 radical (unpaired) electrons. The Bertz CT molecular complexity index is 1090. The van der Waals surface area contributed by atoms with E-state index in [1.165, 1.54) is 6.21 Å². The van der Waals surface area contributed by atoms with Gasteiger partial charge in [-0.2, -0.15) is 5.10 Å². The Morgan fingerprint density at radius 3 is 2.09 bits per heavy atom. The minimum absolute atomic E-state index is 0.346. The third kappa shape index (κ3) is 6.30. The van der Waals surface area contributed by atoms with Crippen LogP contribution in [0.25, 0.3) is 0 Å². The van der Waals surface area contributed by atoms with Gasteiger partial charge >= 0.3 is 5.97 Å². The SMILES string of the molecule is C=CCOc1ccc(C(=O)NN=Cc2ccc(OC(=O)c3ccc(OC)cc3)cc2)cc1. The second kappa shape index (κ2) is 11.1. The highest BCUT2D eigenvalue weighted by molar-refractivity contribution is 5.95. The average molecular weight is 430 g/mol. The molecule has 0 saturated carbocycles. The maximum Gasteiger partial charge on any atom is 0.343 e. The summed E-state index contributed by atoms with van der Waals surface area (Å²) in [6.07, 6.45) is 3.14. The molecule has 3 aromatic carbocycles. The number of carbonyl (C=O) groups excluding carboxylic acids is 2. The van der Waals surface area contributed by atoms with Crippen molar-refractivity contribution in [3.8, 4) is 17.2 Å². The molecule has 0 bridgehead atoms. The number of amides is 1. The van der Waals surface area contributed by atoms with Crippen molar-refractivity contribution in [3.05, 3.63) is 102 Å². The molecule has 0 atom stereocenters. The van der Waals surface area contributed by atoms with Gasteiger partial charge in [-0.15, -0.1) is 0 Å². The Morgan fingerprint density at radius 1 is 0.875 bits per heavy atom. The molecular formula is C25H22N2O5. The molecule has 162 valence electrons. The van der Waals surface area contributed by atoms with Crippen molar-refractivity contribution in [1.82, 2.24) is 5.43 Å². The summed E-state index contributed by atoms with van der Waals surface area (Å²) in [5, 5.41) is 3.96. The molecule has 0 unspecified atom stereocenters. The van der Waals surface area contributed by atoms with E-state index in [0.29, 0.717) is 35.0 Å². The van der Waals surface area contributed by atoms with E-state index in [1.54, 1.807) is 86.0 Å². The van der Waals surface area contributed by atoms with Crippen molar-refractivity contribution in [1.29, 1.82) is 0 Å². The van der Waals surface area contributed by atoms with Crippen molar-refractivity contribution in [3.63, 3.8) is 0 Å². The van der Waals surface area contributed by atoms with E-state index in [-0.39, 0.29) is 5.91 Å². The van der Waals surface area contributed by atoms with Crippen LogP contribution < -0.4 is 19.6 Å². The first kappa shape index (κ1) is 22.3. The van der Waals surface area contributed by atoms with E-state index < -0.39 is 5.97 Å². The number of hydrogen-bond donors (Lipinski definition) is 1. The molecule has 7 nitrogen and oxygen atoms in total. The van der Waals surface area contributed by atoms with Gasteiger partial charge in [0.15, 0.2) is 0 Å². The Morgan fingerprint density at radius 2 is 1.47 bits per heavy atom. The Kier molecular flexibility index (Phi) is 7.75. The Labute approximate surface area is 185 Å². The van der Waals surface area contributed by atoms with Gasteiger partial charge in [0.2, 0.25) is 0 Å². The van der Waals surface area contributed by atoms with E-state index in [9.17, 15) is 9.59 Å². The maximum absolute atomic E-state index is 12.2. The average Bonchev–Trinajstić information content (AvgIpc) is 2.84. The molecule has 1 N–H and O–H groups in total. The van der Waals surface area contributed by atoms with Gasteiger partial charge in [0, 0.05) is 5.56 Å². The van der Waals surface area contributed by atoms with Crippen LogP contribution in [0.2, 0.25) is 0 Å². The van der Waals surface area contributed by atoms with E-state index in [2.05, 4.69) is 17.1 Å². The number of benzene rings is 3. The lowest BCUT2D eigenvalue weighted by atomic mass is 10.2. The molecule has 0 aliphatic rings. The zero-order chi connectivity index (χ0) is 22.8. The van der Waals surface area contributed by atoms with E-state index in [0.717, 1.165) is 5.56 Å². The van der Waals surface area contributed by atoms with Gasteiger partial charge in [0.05, 0.1) is 18.9 Å². The fraction of sp³-hybridized carbons (Fsp3) is 0.0800. The standard InChI is InChI=1S/C25H22N2O5/c1-3-16-31-22-14-6-19(7-15-22)24(28)27-26-17-18-4-10-23(11-5-18)32-25(29)20-8-12-21(30-2)13-9-20/h3-15,17H,1,16H2,2H3,(H,27,28). The highest BCUT2D eigenvalue weighted by Gasteiger charge is 2.09. The summed E-state index contributed by atoms with van der Waals surface area (Å²) in [5.41, 5.74) is 4.06. The fourth-order valence-electron chi connectivity index (χ4n) is 2.60. The molecule has 0 aliphatic carbocycles. The van der Waals surface area contributed by atoms with Crippen LogP contribution in [0.1, 0.15) is 26.3 Å². The minimum Gasteiger partial charge on any atom is -0.497 e. The van der Waals surface area contributed by atoms with Gasteiger partial charge in [-0.1, -0.05) is 12.7 Å². The number of nitrogens with zero attached hydrogens (tertiary/aromatic N) is 1. The quantitative estimate of drug-likeness (QED) is 0.180. The van der Waals surface area contributed by atoms with Crippen LogP contribution in [0, 0.1) is 0 Å². The monoisotopic (exact) mass is 430 g/mol. The largest absolute Gasteiger partial charge is 0.497 e. The van der Waals surface area contributed by atoms with Crippen LogP contribution >= 0.6 is 0 Å². The van der Waals surface area contributed by atoms with Crippen molar-refractivity contribution < 1.29 is 23.8 Å². The van der Waals surface area contributed by atoms with Crippen molar-refractivity contribution in [2.45, 2.75) is 0 Å². The number of hydrogen-bond acceptors (Lipinski definition) is 6. The summed E-state index contributed by atoms with van der Waals surface area (Å²) in [4.78, 5) is 24.4. The van der Waals surface area contributed by atoms with Crippen LogP contribution in [0.4, 0.5) is 0 Å². The number of methoxy groups -OCH3 is 1.